The van der Waals surface area contributed by atoms with Crippen LogP contribution in [0.15, 0.2) is 30.3 Å². The van der Waals surface area contributed by atoms with Crippen LogP contribution in [-0.4, -0.2) is 18.2 Å². The fourth-order valence-corrected chi connectivity index (χ4v) is 2.98. The zero-order valence-corrected chi connectivity index (χ0v) is 10.8. The van der Waals surface area contributed by atoms with Crippen LogP contribution >= 0.6 is 0 Å². The van der Waals surface area contributed by atoms with Crippen LogP contribution in [-0.2, 0) is 4.74 Å². The summed E-state index contributed by atoms with van der Waals surface area (Å²) in [7, 11) is 0. The van der Waals surface area contributed by atoms with Gasteiger partial charge in [-0.3, -0.25) is 4.90 Å². The molecule has 0 atom stereocenters. The Morgan fingerprint density at radius 1 is 1.22 bits per heavy atom. The summed E-state index contributed by atoms with van der Waals surface area (Å²) in [6.45, 7) is 2.99. The fraction of sp³-hybridized carbons (Fsp3) is 0.533. The summed E-state index contributed by atoms with van der Waals surface area (Å²) in [5.74, 6) is 0.764. The molecule has 18 heavy (non-hydrogen) atoms. The van der Waals surface area contributed by atoms with E-state index >= 15 is 0 Å². The number of benzene rings is 1. The summed E-state index contributed by atoms with van der Waals surface area (Å²) in [6.07, 6.45) is 4.15. The molecular formula is C15H19NO2. The topological polar surface area (TPSA) is 29.5 Å². The summed E-state index contributed by atoms with van der Waals surface area (Å²) in [4.78, 5) is 13.8. The third-order valence-electron chi connectivity index (χ3n) is 4.22. The monoisotopic (exact) mass is 245 g/mol. The van der Waals surface area contributed by atoms with Gasteiger partial charge in [0.25, 0.3) is 0 Å². The van der Waals surface area contributed by atoms with Crippen molar-refractivity contribution < 1.29 is 9.53 Å². The Hall–Kier alpha value is -1.51. The highest BCUT2D eigenvalue weighted by Gasteiger charge is 2.46. The average molecular weight is 245 g/mol. The molecule has 2 aliphatic rings. The average Bonchev–Trinajstić information content (AvgIpc) is 2.72. The highest BCUT2D eigenvalue weighted by molar-refractivity contribution is 5.90. The van der Waals surface area contributed by atoms with E-state index in [-0.39, 0.29) is 11.7 Å². The van der Waals surface area contributed by atoms with Crippen LogP contribution < -0.4 is 4.90 Å². The molecule has 0 radical (unpaired) electrons. The van der Waals surface area contributed by atoms with Gasteiger partial charge in [0, 0.05) is 5.69 Å². The lowest BCUT2D eigenvalue weighted by molar-refractivity contribution is 0.0154. The van der Waals surface area contributed by atoms with E-state index < -0.39 is 0 Å². The van der Waals surface area contributed by atoms with E-state index in [1.54, 1.807) is 4.90 Å². The van der Waals surface area contributed by atoms with Gasteiger partial charge >= 0.3 is 6.09 Å². The summed E-state index contributed by atoms with van der Waals surface area (Å²) < 4.78 is 5.69. The summed E-state index contributed by atoms with van der Waals surface area (Å²) in [5, 5.41) is 0. The van der Waals surface area contributed by atoms with E-state index in [0.29, 0.717) is 6.54 Å². The van der Waals surface area contributed by atoms with Crippen LogP contribution in [0.4, 0.5) is 10.5 Å². The molecule has 0 unspecified atom stereocenters. The minimum absolute atomic E-state index is 0.184. The van der Waals surface area contributed by atoms with Gasteiger partial charge in [-0.05, 0) is 43.7 Å². The molecule has 3 heteroatoms. The molecule has 1 aliphatic carbocycles. The quantitative estimate of drug-likeness (QED) is 0.756. The Labute approximate surface area is 108 Å². The van der Waals surface area contributed by atoms with E-state index in [9.17, 15) is 4.79 Å². The van der Waals surface area contributed by atoms with Crippen molar-refractivity contribution in [2.45, 2.75) is 38.2 Å². The van der Waals surface area contributed by atoms with Crippen LogP contribution in [0.2, 0.25) is 0 Å². The highest BCUT2D eigenvalue weighted by atomic mass is 16.6. The van der Waals surface area contributed by atoms with Crippen molar-refractivity contribution in [3.05, 3.63) is 30.3 Å². The van der Waals surface area contributed by atoms with Crippen molar-refractivity contribution in [2.75, 3.05) is 11.4 Å². The number of carbonyl (C=O) groups excluding carboxylic acids is 1. The number of anilines is 1. The molecule has 1 heterocycles. The van der Waals surface area contributed by atoms with Gasteiger partial charge in [0.15, 0.2) is 0 Å². The molecule has 96 valence electrons. The first kappa shape index (κ1) is 11.6. The highest BCUT2D eigenvalue weighted by Crippen LogP contribution is 2.40. The number of rotatable bonds is 1. The number of amides is 1. The van der Waals surface area contributed by atoms with Crippen LogP contribution in [0.25, 0.3) is 0 Å². The third-order valence-corrected chi connectivity index (χ3v) is 4.22. The van der Waals surface area contributed by atoms with Crippen molar-refractivity contribution in [1.29, 1.82) is 0 Å². The van der Waals surface area contributed by atoms with Gasteiger partial charge < -0.3 is 4.74 Å². The van der Waals surface area contributed by atoms with Gasteiger partial charge in [-0.15, -0.1) is 0 Å². The normalized spacial score (nSPS) is 31.7. The van der Waals surface area contributed by atoms with Gasteiger partial charge in [0.2, 0.25) is 0 Å². The molecule has 1 aliphatic heterocycles. The van der Waals surface area contributed by atoms with Gasteiger partial charge in [-0.25, -0.2) is 4.79 Å². The molecule has 1 aromatic carbocycles. The molecule has 0 aromatic heterocycles. The van der Waals surface area contributed by atoms with Crippen molar-refractivity contribution in [2.24, 2.45) is 5.92 Å². The van der Waals surface area contributed by atoms with Crippen molar-refractivity contribution in [1.82, 2.24) is 0 Å². The second-order valence-electron chi connectivity index (χ2n) is 5.66. The van der Waals surface area contributed by atoms with Gasteiger partial charge in [0.1, 0.15) is 5.60 Å². The first-order valence-corrected chi connectivity index (χ1v) is 6.74. The zero-order valence-electron chi connectivity index (χ0n) is 10.8. The second kappa shape index (κ2) is 4.30. The van der Waals surface area contributed by atoms with E-state index in [1.165, 1.54) is 0 Å². The molecule has 1 amide bonds. The first-order chi connectivity index (χ1) is 8.69. The van der Waals surface area contributed by atoms with Crippen LogP contribution in [0.3, 0.4) is 0 Å². The maximum absolute atomic E-state index is 12.0. The molecule has 3 rings (SSSR count). The lowest BCUT2D eigenvalue weighted by atomic mass is 9.79. The maximum atomic E-state index is 12.0. The minimum Gasteiger partial charge on any atom is -0.441 e. The zero-order chi connectivity index (χ0) is 12.6. The molecular weight excluding hydrogens is 226 g/mol. The number of para-hydroxylation sites is 1. The van der Waals surface area contributed by atoms with E-state index in [4.69, 9.17) is 4.74 Å². The molecule has 3 nitrogen and oxygen atoms in total. The van der Waals surface area contributed by atoms with Crippen molar-refractivity contribution in [3.63, 3.8) is 0 Å². The number of nitrogens with zero attached hydrogens (tertiary/aromatic N) is 1. The Morgan fingerprint density at radius 3 is 2.56 bits per heavy atom. The predicted octanol–water partition coefficient (Wildman–Crippen LogP) is 3.59. The number of hydrogen-bond donors (Lipinski definition) is 0. The molecule has 1 saturated carbocycles. The molecule has 0 bridgehead atoms. The lowest BCUT2D eigenvalue weighted by Crippen LogP contribution is -2.38. The lowest BCUT2D eigenvalue weighted by Gasteiger charge is -2.33. The standard InChI is InChI=1S/C15H19NO2/c1-12-7-9-15(10-8-12)11-16(14(17)18-15)13-5-3-2-4-6-13/h2-6,12H,7-11H2,1H3. The predicted molar refractivity (Wildman–Crippen MR) is 70.6 cm³/mol. The first-order valence-electron chi connectivity index (χ1n) is 6.74. The number of hydrogen-bond acceptors (Lipinski definition) is 2. The molecule has 1 spiro atoms. The molecule has 1 aromatic rings. The second-order valence-corrected chi connectivity index (χ2v) is 5.66. The summed E-state index contributed by atoms with van der Waals surface area (Å²) in [6, 6.07) is 9.80. The van der Waals surface area contributed by atoms with E-state index in [2.05, 4.69) is 6.92 Å². The van der Waals surface area contributed by atoms with E-state index in [0.717, 1.165) is 37.3 Å². The summed E-state index contributed by atoms with van der Waals surface area (Å²) >= 11 is 0. The Balaban J connectivity index is 1.78. The summed E-state index contributed by atoms with van der Waals surface area (Å²) in [5.41, 5.74) is 0.720. The maximum Gasteiger partial charge on any atom is 0.415 e. The van der Waals surface area contributed by atoms with Crippen LogP contribution in [0, 0.1) is 5.92 Å². The Bertz CT molecular complexity index is 435. The third kappa shape index (κ3) is 1.98. The van der Waals surface area contributed by atoms with Gasteiger partial charge in [-0.2, -0.15) is 0 Å². The minimum atomic E-state index is -0.223. The van der Waals surface area contributed by atoms with Crippen molar-refractivity contribution >= 4 is 11.8 Å². The SMILES string of the molecule is CC1CCC2(CC1)CN(c1ccccc1)C(=O)O2. The van der Waals surface area contributed by atoms with Crippen LogP contribution in [0.5, 0.6) is 0 Å². The van der Waals surface area contributed by atoms with Crippen LogP contribution in [0.1, 0.15) is 32.6 Å². The Kier molecular flexibility index (Phi) is 2.77. The van der Waals surface area contributed by atoms with Crippen molar-refractivity contribution in [3.8, 4) is 0 Å². The fourth-order valence-electron chi connectivity index (χ4n) is 2.98. The number of carbonyl (C=O) groups is 1. The van der Waals surface area contributed by atoms with E-state index in [1.807, 2.05) is 30.3 Å². The molecule has 2 fully saturated rings. The smallest absolute Gasteiger partial charge is 0.415 e. The number of ether oxygens (including phenoxy) is 1. The largest absolute Gasteiger partial charge is 0.441 e. The molecule has 0 N–H and O–H groups in total. The van der Waals surface area contributed by atoms with Gasteiger partial charge in [-0.1, -0.05) is 25.1 Å². The Morgan fingerprint density at radius 2 is 1.89 bits per heavy atom. The molecule has 1 saturated heterocycles. The van der Waals surface area contributed by atoms with Gasteiger partial charge in [0.05, 0.1) is 6.54 Å².